The number of benzene rings is 2. The van der Waals surface area contributed by atoms with Crippen molar-refractivity contribution in [2.45, 2.75) is 5.92 Å². The third-order valence-electron chi connectivity index (χ3n) is 3.86. The molecule has 4 rings (SSSR count). The van der Waals surface area contributed by atoms with Crippen LogP contribution in [-0.2, 0) is 0 Å². The third kappa shape index (κ3) is 1.83. The van der Waals surface area contributed by atoms with E-state index in [1.54, 1.807) is 0 Å². The van der Waals surface area contributed by atoms with Crippen molar-refractivity contribution in [3.8, 4) is 0 Å². The van der Waals surface area contributed by atoms with Crippen LogP contribution in [0.2, 0.25) is 0 Å². The lowest BCUT2D eigenvalue weighted by atomic mass is 9.90. The molecule has 0 aliphatic heterocycles. The summed E-state index contributed by atoms with van der Waals surface area (Å²) in [4.78, 5) is 1.42. The third-order valence-corrected chi connectivity index (χ3v) is 4.80. The quantitative estimate of drug-likeness (QED) is 0.584. The van der Waals surface area contributed by atoms with E-state index in [1.807, 2.05) is 11.3 Å². The SMILES string of the molecule is C1=C(c2ccccc2)[C@@H](c2cccs2)c2ccccc21. The van der Waals surface area contributed by atoms with E-state index in [0.29, 0.717) is 5.92 Å². The van der Waals surface area contributed by atoms with Crippen molar-refractivity contribution < 1.29 is 0 Å². The minimum Gasteiger partial charge on any atom is -0.148 e. The molecular weight excluding hydrogens is 260 g/mol. The van der Waals surface area contributed by atoms with Gasteiger partial charge in [0, 0.05) is 10.8 Å². The van der Waals surface area contributed by atoms with Gasteiger partial charge in [-0.2, -0.15) is 0 Å². The summed E-state index contributed by atoms with van der Waals surface area (Å²) in [6.45, 7) is 0. The Morgan fingerprint density at radius 1 is 0.750 bits per heavy atom. The molecular formula is C19H14S. The van der Waals surface area contributed by atoms with Gasteiger partial charge in [0.25, 0.3) is 0 Å². The highest BCUT2D eigenvalue weighted by Crippen LogP contribution is 2.46. The number of rotatable bonds is 2. The van der Waals surface area contributed by atoms with E-state index in [0.717, 1.165) is 0 Å². The number of thiophene rings is 1. The second kappa shape index (κ2) is 4.77. The van der Waals surface area contributed by atoms with Gasteiger partial charge in [0.15, 0.2) is 0 Å². The fraction of sp³-hybridized carbons (Fsp3) is 0.0526. The fourth-order valence-corrected chi connectivity index (χ4v) is 3.83. The maximum Gasteiger partial charge on any atom is 0.0445 e. The van der Waals surface area contributed by atoms with Crippen LogP contribution < -0.4 is 0 Å². The summed E-state index contributed by atoms with van der Waals surface area (Å²) >= 11 is 1.84. The molecule has 1 atom stereocenters. The Labute approximate surface area is 123 Å². The maximum atomic E-state index is 2.34. The molecule has 0 amide bonds. The van der Waals surface area contributed by atoms with Crippen LogP contribution in [0, 0.1) is 0 Å². The summed E-state index contributed by atoms with van der Waals surface area (Å²) in [5.74, 6) is 0.383. The van der Waals surface area contributed by atoms with Crippen LogP contribution >= 0.6 is 11.3 Å². The average molecular weight is 274 g/mol. The molecule has 0 radical (unpaired) electrons. The highest BCUT2D eigenvalue weighted by atomic mass is 32.1. The van der Waals surface area contributed by atoms with Gasteiger partial charge < -0.3 is 0 Å². The summed E-state index contributed by atoms with van der Waals surface area (Å²) < 4.78 is 0. The topological polar surface area (TPSA) is 0 Å². The van der Waals surface area contributed by atoms with Gasteiger partial charge in [-0.3, -0.25) is 0 Å². The van der Waals surface area contributed by atoms with Gasteiger partial charge in [0.2, 0.25) is 0 Å². The van der Waals surface area contributed by atoms with E-state index in [-0.39, 0.29) is 0 Å². The van der Waals surface area contributed by atoms with Crippen molar-refractivity contribution in [3.63, 3.8) is 0 Å². The fourth-order valence-electron chi connectivity index (χ4n) is 2.97. The van der Waals surface area contributed by atoms with Crippen LogP contribution in [-0.4, -0.2) is 0 Å². The molecule has 0 fully saturated rings. The molecule has 0 spiro atoms. The largest absolute Gasteiger partial charge is 0.148 e. The Morgan fingerprint density at radius 3 is 2.35 bits per heavy atom. The first-order valence-corrected chi connectivity index (χ1v) is 7.71. The molecule has 1 aromatic heterocycles. The van der Waals surface area contributed by atoms with E-state index >= 15 is 0 Å². The first kappa shape index (κ1) is 11.7. The van der Waals surface area contributed by atoms with Crippen LogP contribution in [0.15, 0.2) is 72.1 Å². The number of hydrogen-bond donors (Lipinski definition) is 0. The zero-order chi connectivity index (χ0) is 13.4. The predicted molar refractivity (Wildman–Crippen MR) is 86.9 cm³/mol. The Kier molecular flexibility index (Phi) is 2.79. The lowest BCUT2D eigenvalue weighted by Gasteiger charge is -2.15. The molecule has 0 nitrogen and oxygen atoms in total. The molecule has 0 N–H and O–H groups in total. The Balaban J connectivity index is 1.90. The normalized spacial score (nSPS) is 16.8. The zero-order valence-electron chi connectivity index (χ0n) is 11.0. The number of fused-ring (bicyclic) bond motifs is 1. The summed E-state index contributed by atoms with van der Waals surface area (Å²) in [7, 11) is 0. The minimum absolute atomic E-state index is 0.383. The Morgan fingerprint density at radius 2 is 1.55 bits per heavy atom. The average Bonchev–Trinajstić information content (AvgIpc) is 3.14. The molecule has 96 valence electrons. The van der Waals surface area contributed by atoms with Gasteiger partial charge in [-0.05, 0) is 39.8 Å². The Hall–Kier alpha value is -2.12. The van der Waals surface area contributed by atoms with Gasteiger partial charge in [-0.25, -0.2) is 0 Å². The molecule has 1 aliphatic carbocycles. The van der Waals surface area contributed by atoms with Crippen molar-refractivity contribution in [3.05, 3.63) is 93.7 Å². The lowest BCUT2D eigenvalue weighted by molar-refractivity contribution is 1.10. The highest BCUT2D eigenvalue weighted by Gasteiger charge is 2.27. The molecule has 1 heterocycles. The standard InChI is InChI=1S/C19H14S/c1-2-7-14(8-3-1)17-13-15-9-4-5-10-16(15)19(17)18-11-6-12-20-18/h1-13,19H/t19-/m0/s1. The maximum absolute atomic E-state index is 2.34. The van der Waals surface area contributed by atoms with Gasteiger partial charge in [-0.15, -0.1) is 11.3 Å². The van der Waals surface area contributed by atoms with Gasteiger partial charge in [-0.1, -0.05) is 60.7 Å². The van der Waals surface area contributed by atoms with E-state index in [2.05, 4.69) is 78.2 Å². The van der Waals surface area contributed by atoms with E-state index in [4.69, 9.17) is 0 Å². The van der Waals surface area contributed by atoms with Crippen molar-refractivity contribution in [2.24, 2.45) is 0 Å². The molecule has 0 saturated heterocycles. The lowest BCUT2D eigenvalue weighted by Crippen LogP contribution is -1.98. The Bertz CT molecular complexity index is 751. The smallest absolute Gasteiger partial charge is 0.0445 e. The molecule has 0 bridgehead atoms. The molecule has 2 aromatic carbocycles. The molecule has 0 unspecified atom stereocenters. The van der Waals surface area contributed by atoms with Crippen LogP contribution in [0.25, 0.3) is 11.6 Å². The summed E-state index contributed by atoms with van der Waals surface area (Å²) in [5, 5.41) is 2.17. The van der Waals surface area contributed by atoms with Gasteiger partial charge in [0.05, 0.1) is 0 Å². The minimum atomic E-state index is 0.383. The summed E-state index contributed by atoms with van der Waals surface area (Å²) in [6.07, 6.45) is 2.34. The molecule has 3 aromatic rings. The first-order valence-electron chi connectivity index (χ1n) is 6.83. The molecule has 0 saturated carbocycles. The monoisotopic (exact) mass is 274 g/mol. The van der Waals surface area contributed by atoms with E-state index in [9.17, 15) is 0 Å². The van der Waals surface area contributed by atoms with Crippen LogP contribution in [0.3, 0.4) is 0 Å². The van der Waals surface area contributed by atoms with Crippen molar-refractivity contribution in [2.75, 3.05) is 0 Å². The molecule has 20 heavy (non-hydrogen) atoms. The summed E-state index contributed by atoms with van der Waals surface area (Å²) in [5.41, 5.74) is 5.51. The van der Waals surface area contributed by atoms with Crippen LogP contribution in [0.1, 0.15) is 27.5 Å². The first-order chi connectivity index (χ1) is 9.93. The van der Waals surface area contributed by atoms with Crippen LogP contribution in [0.4, 0.5) is 0 Å². The zero-order valence-corrected chi connectivity index (χ0v) is 11.8. The summed E-state index contributed by atoms with van der Waals surface area (Å²) in [6, 6.07) is 23.8. The molecule has 1 aliphatic rings. The van der Waals surface area contributed by atoms with E-state index in [1.165, 1.54) is 27.1 Å². The number of allylic oxidation sites excluding steroid dienone is 1. The van der Waals surface area contributed by atoms with Crippen molar-refractivity contribution in [1.29, 1.82) is 0 Å². The van der Waals surface area contributed by atoms with Crippen molar-refractivity contribution in [1.82, 2.24) is 0 Å². The van der Waals surface area contributed by atoms with Gasteiger partial charge >= 0.3 is 0 Å². The van der Waals surface area contributed by atoms with Crippen LogP contribution in [0.5, 0.6) is 0 Å². The van der Waals surface area contributed by atoms with Crippen molar-refractivity contribution >= 4 is 23.0 Å². The second-order valence-electron chi connectivity index (χ2n) is 5.04. The number of hydrogen-bond acceptors (Lipinski definition) is 1. The molecule has 1 heteroatoms. The van der Waals surface area contributed by atoms with Gasteiger partial charge in [0.1, 0.15) is 0 Å². The second-order valence-corrected chi connectivity index (χ2v) is 6.02. The highest BCUT2D eigenvalue weighted by molar-refractivity contribution is 7.10. The predicted octanol–water partition coefficient (Wildman–Crippen LogP) is 5.43. The van der Waals surface area contributed by atoms with E-state index < -0.39 is 0 Å².